The predicted octanol–water partition coefficient (Wildman–Crippen LogP) is 3.86. The lowest BCUT2D eigenvalue weighted by atomic mass is 10.2. The number of nitrogens with two attached hydrogens (primary N) is 1. The number of hydrogen-bond acceptors (Lipinski definition) is 8. The highest BCUT2D eigenvalue weighted by atomic mass is 32.1. The molecule has 0 saturated heterocycles. The van der Waals surface area contributed by atoms with Gasteiger partial charge in [-0.1, -0.05) is 23.5 Å². The van der Waals surface area contributed by atoms with E-state index in [2.05, 4.69) is 43.6 Å². The van der Waals surface area contributed by atoms with E-state index in [4.69, 9.17) is 5.73 Å². The van der Waals surface area contributed by atoms with Crippen LogP contribution in [0.1, 0.15) is 5.56 Å². The van der Waals surface area contributed by atoms with Crippen molar-refractivity contribution in [1.82, 2.24) is 19.9 Å². The zero-order valence-corrected chi connectivity index (χ0v) is 14.2. The van der Waals surface area contributed by atoms with Crippen molar-refractivity contribution in [2.45, 2.75) is 6.92 Å². The van der Waals surface area contributed by atoms with Crippen LogP contribution in [-0.4, -0.2) is 19.9 Å². The number of benzene rings is 1. The molecule has 0 unspecified atom stereocenters. The van der Waals surface area contributed by atoms with Gasteiger partial charge in [-0.2, -0.15) is 0 Å². The van der Waals surface area contributed by atoms with Gasteiger partial charge in [-0.15, -0.1) is 0 Å². The summed E-state index contributed by atoms with van der Waals surface area (Å²) in [6, 6.07) is 11.7. The summed E-state index contributed by atoms with van der Waals surface area (Å²) in [5.74, 6) is 1.66. The third-order valence-electron chi connectivity index (χ3n) is 3.56. The van der Waals surface area contributed by atoms with E-state index in [0.717, 1.165) is 15.3 Å². The van der Waals surface area contributed by atoms with Gasteiger partial charge in [-0.25, -0.2) is 19.9 Å². The molecule has 3 heterocycles. The van der Waals surface area contributed by atoms with Crippen LogP contribution in [0.5, 0.6) is 0 Å². The average Bonchev–Trinajstić information content (AvgIpc) is 3.01. The number of nitrogens with zero attached hydrogens (tertiary/aromatic N) is 4. The molecule has 7 nitrogen and oxygen atoms in total. The first-order valence-corrected chi connectivity index (χ1v) is 8.43. The molecular formula is C17H15N7S. The van der Waals surface area contributed by atoms with Gasteiger partial charge in [0.2, 0.25) is 0 Å². The fourth-order valence-corrected chi connectivity index (χ4v) is 3.30. The van der Waals surface area contributed by atoms with Gasteiger partial charge in [-0.05, 0) is 36.8 Å². The van der Waals surface area contributed by atoms with E-state index in [9.17, 15) is 0 Å². The fourth-order valence-electron chi connectivity index (χ4n) is 2.34. The van der Waals surface area contributed by atoms with Crippen molar-refractivity contribution in [2.24, 2.45) is 0 Å². The molecule has 3 aromatic heterocycles. The van der Waals surface area contributed by atoms with Crippen LogP contribution >= 0.6 is 11.3 Å². The van der Waals surface area contributed by atoms with Gasteiger partial charge in [0.15, 0.2) is 16.8 Å². The molecule has 124 valence electrons. The van der Waals surface area contributed by atoms with Crippen molar-refractivity contribution in [3.05, 3.63) is 54.5 Å². The minimum Gasteiger partial charge on any atom is -0.393 e. The third-order valence-corrected chi connectivity index (χ3v) is 4.50. The molecule has 0 atom stereocenters. The van der Waals surface area contributed by atoms with Gasteiger partial charge in [0.1, 0.15) is 17.8 Å². The number of fused-ring (bicyclic) bond motifs is 1. The highest BCUT2D eigenvalue weighted by Crippen LogP contribution is 2.32. The van der Waals surface area contributed by atoms with Crippen LogP contribution in [-0.2, 0) is 0 Å². The van der Waals surface area contributed by atoms with Crippen LogP contribution < -0.4 is 16.4 Å². The Hall–Kier alpha value is -3.26. The van der Waals surface area contributed by atoms with Crippen molar-refractivity contribution in [1.29, 1.82) is 0 Å². The Morgan fingerprint density at radius 3 is 2.64 bits per heavy atom. The van der Waals surface area contributed by atoms with Crippen LogP contribution in [0.4, 0.5) is 28.3 Å². The SMILES string of the molecule is Cc1ccc2nc(Nc3ncnc(Nc4ccccn4)c3N)sc2c1. The summed E-state index contributed by atoms with van der Waals surface area (Å²) in [4.78, 5) is 17.2. The van der Waals surface area contributed by atoms with E-state index in [1.165, 1.54) is 11.9 Å². The van der Waals surface area contributed by atoms with Gasteiger partial charge in [0.05, 0.1) is 10.2 Å². The van der Waals surface area contributed by atoms with Gasteiger partial charge >= 0.3 is 0 Å². The third kappa shape index (κ3) is 3.20. The topological polar surface area (TPSA) is 102 Å². The molecule has 0 radical (unpaired) electrons. The molecule has 4 aromatic rings. The lowest BCUT2D eigenvalue weighted by molar-refractivity contribution is 1.16. The Morgan fingerprint density at radius 2 is 1.84 bits per heavy atom. The molecule has 8 heteroatoms. The lowest BCUT2D eigenvalue weighted by Gasteiger charge is -2.10. The Kier molecular flexibility index (Phi) is 3.87. The summed E-state index contributed by atoms with van der Waals surface area (Å²) in [5.41, 5.74) is 8.74. The molecule has 0 fully saturated rings. The normalized spacial score (nSPS) is 10.8. The molecule has 0 saturated carbocycles. The Labute approximate surface area is 148 Å². The van der Waals surface area contributed by atoms with E-state index in [-0.39, 0.29) is 0 Å². The lowest BCUT2D eigenvalue weighted by Crippen LogP contribution is -2.05. The second-order valence-electron chi connectivity index (χ2n) is 5.44. The molecule has 0 bridgehead atoms. The average molecular weight is 349 g/mol. The molecule has 1 aromatic carbocycles. The smallest absolute Gasteiger partial charge is 0.189 e. The summed E-state index contributed by atoms with van der Waals surface area (Å²) in [6.07, 6.45) is 3.14. The second kappa shape index (κ2) is 6.33. The second-order valence-corrected chi connectivity index (χ2v) is 6.47. The number of aromatic nitrogens is 4. The maximum Gasteiger partial charge on any atom is 0.189 e. The number of nitrogens with one attached hydrogen (secondary N) is 2. The fraction of sp³-hybridized carbons (Fsp3) is 0.0588. The number of thiazole rings is 1. The zero-order chi connectivity index (χ0) is 17.2. The van der Waals surface area contributed by atoms with Gasteiger partial charge in [0, 0.05) is 6.20 Å². The Balaban J connectivity index is 1.62. The van der Waals surface area contributed by atoms with Crippen molar-refractivity contribution in [3.63, 3.8) is 0 Å². The first-order chi connectivity index (χ1) is 12.2. The number of anilines is 5. The van der Waals surface area contributed by atoms with Gasteiger partial charge in [-0.3, -0.25) is 0 Å². The number of nitrogen functional groups attached to an aromatic ring is 1. The number of hydrogen-bond donors (Lipinski definition) is 3. The standard InChI is InChI=1S/C17H15N7S/c1-10-5-6-11-12(8-10)25-17(22-11)24-16-14(18)15(20-9-21-16)23-13-4-2-3-7-19-13/h2-9H,18H2,1H3,(H2,19,20,21,22,23,24). The largest absolute Gasteiger partial charge is 0.393 e. The van der Waals surface area contributed by atoms with Gasteiger partial charge in [0.25, 0.3) is 0 Å². The van der Waals surface area contributed by atoms with E-state index in [1.54, 1.807) is 17.5 Å². The number of aryl methyl sites for hydroxylation is 1. The molecule has 4 N–H and O–H groups in total. The number of pyridine rings is 1. The van der Waals surface area contributed by atoms with Crippen molar-refractivity contribution in [2.75, 3.05) is 16.4 Å². The maximum atomic E-state index is 6.20. The molecule has 0 aliphatic rings. The monoisotopic (exact) mass is 349 g/mol. The molecule has 0 aliphatic carbocycles. The van der Waals surface area contributed by atoms with Crippen molar-refractivity contribution < 1.29 is 0 Å². The maximum absolute atomic E-state index is 6.20. The molecule has 0 spiro atoms. The van der Waals surface area contributed by atoms with E-state index < -0.39 is 0 Å². The van der Waals surface area contributed by atoms with Gasteiger partial charge < -0.3 is 16.4 Å². The van der Waals surface area contributed by atoms with E-state index >= 15 is 0 Å². The van der Waals surface area contributed by atoms with E-state index in [0.29, 0.717) is 23.1 Å². The summed E-state index contributed by atoms with van der Waals surface area (Å²) in [6.45, 7) is 2.06. The first kappa shape index (κ1) is 15.3. The molecule has 0 aliphatic heterocycles. The van der Waals surface area contributed by atoms with Crippen molar-refractivity contribution >= 4 is 49.8 Å². The molecular weight excluding hydrogens is 334 g/mol. The van der Waals surface area contributed by atoms with Crippen LogP contribution in [0.25, 0.3) is 10.2 Å². The molecule has 4 rings (SSSR count). The zero-order valence-electron chi connectivity index (χ0n) is 13.4. The van der Waals surface area contributed by atoms with Crippen LogP contribution in [0.2, 0.25) is 0 Å². The summed E-state index contributed by atoms with van der Waals surface area (Å²) < 4.78 is 1.11. The number of rotatable bonds is 4. The summed E-state index contributed by atoms with van der Waals surface area (Å²) >= 11 is 1.55. The summed E-state index contributed by atoms with van der Waals surface area (Å²) in [7, 11) is 0. The van der Waals surface area contributed by atoms with Crippen LogP contribution in [0.3, 0.4) is 0 Å². The van der Waals surface area contributed by atoms with Crippen LogP contribution in [0.15, 0.2) is 48.9 Å². The highest BCUT2D eigenvalue weighted by molar-refractivity contribution is 7.22. The highest BCUT2D eigenvalue weighted by Gasteiger charge is 2.11. The minimum atomic E-state index is 0.406. The minimum absolute atomic E-state index is 0.406. The van der Waals surface area contributed by atoms with E-state index in [1.807, 2.05) is 30.3 Å². The quantitative estimate of drug-likeness (QED) is 0.514. The first-order valence-electron chi connectivity index (χ1n) is 7.62. The van der Waals surface area contributed by atoms with Crippen LogP contribution in [0, 0.1) is 6.92 Å². The molecule has 25 heavy (non-hydrogen) atoms. The molecule has 0 amide bonds. The van der Waals surface area contributed by atoms with Crippen molar-refractivity contribution in [3.8, 4) is 0 Å². The summed E-state index contributed by atoms with van der Waals surface area (Å²) in [5, 5.41) is 7.00. The Bertz CT molecular complexity index is 1030. The Morgan fingerprint density at radius 1 is 1.00 bits per heavy atom. The predicted molar refractivity (Wildman–Crippen MR) is 102 cm³/mol.